The highest BCUT2D eigenvalue weighted by molar-refractivity contribution is 9.10. The molecular weight excluding hydrogens is 242 g/mol. The van der Waals surface area contributed by atoms with E-state index in [-0.39, 0.29) is 10.7 Å². The van der Waals surface area contributed by atoms with Crippen LogP contribution in [-0.2, 0) is 11.3 Å². The van der Waals surface area contributed by atoms with Crippen LogP contribution in [0, 0.1) is 0 Å². The highest BCUT2D eigenvalue weighted by Crippen LogP contribution is 2.20. The molecular formula is C11H12BrNO. The molecule has 0 bridgehead atoms. The molecule has 1 amide bonds. The lowest BCUT2D eigenvalue weighted by Crippen LogP contribution is -2.26. The molecule has 0 aliphatic carbocycles. The number of hydrogen-bond donors (Lipinski definition) is 0. The number of amides is 1. The third kappa shape index (κ3) is 1.98. The predicted octanol–water partition coefficient (Wildman–Crippen LogP) is 2.18. The lowest BCUT2D eigenvalue weighted by molar-refractivity contribution is -0.127. The highest BCUT2D eigenvalue weighted by atomic mass is 79.9. The van der Waals surface area contributed by atoms with Gasteiger partial charge in [0.2, 0.25) is 5.91 Å². The van der Waals surface area contributed by atoms with E-state index in [4.69, 9.17) is 0 Å². The Labute approximate surface area is 92.0 Å². The fraction of sp³-hybridized carbons (Fsp3) is 0.364. The van der Waals surface area contributed by atoms with Crippen molar-refractivity contribution in [3.63, 3.8) is 0 Å². The van der Waals surface area contributed by atoms with E-state index in [0.717, 1.165) is 19.5 Å². The van der Waals surface area contributed by atoms with Crippen molar-refractivity contribution in [2.24, 2.45) is 0 Å². The number of benzene rings is 1. The third-order valence-electron chi connectivity index (χ3n) is 2.45. The summed E-state index contributed by atoms with van der Waals surface area (Å²) in [4.78, 5) is 13.5. The maximum atomic E-state index is 11.6. The van der Waals surface area contributed by atoms with Crippen LogP contribution < -0.4 is 0 Å². The van der Waals surface area contributed by atoms with Crippen LogP contribution in [0.15, 0.2) is 30.3 Å². The average molecular weight is 254 g/mol. The molecule has 74 valence electrons. The summed E-state index contributed by atoms with van der Waals surface area (Å²) in [6.45, 7) is 1.60. The molecule has 1 unspecified atom stereocenters. The van der Waals surface area contributed by atoms with Crippen molar-refractivity contribution in [3.05, 3.63) is 35.9 Å². The Morgan fingerprint density at radius 2 is 2.07 bits per heavy atom. The van der Waals surface area contributed by atoms with Crippen molar-refractivity contribution in [2.75, 3.05) is 6.54 Å². The Hall–Kier alpha value is -0.830. The van der Waals surface area contributed by atoms with Gasteiger partial charge in [0.15, 0.2) is 0 Å². The van der Waals surface area contributed by atoms with Crippen LogP contribution in [0.2, 0.25) is 0 Å². The van der Waals surface area contributed by atoms with Crippen LogP contribution in [0.4, 0.5) is 0 Å². The Kier molecular flexibility index (Phi) is 2.87. The number of nitrogens with zero attached hydrogens (tertiary/aromatic N) is 1. The normalized spacial score (nSPS) is 21.6. The summed E-state index contributed by atoms with van der Waals surface area (Å²) in [6.07, 6.45) is 0.922. The number of alkyl halides is 1. The van der Waals surface area contributed by atoms with Crippen molar-refractivity contribution in [2.45, 2.75) is 17.8 Å². The molecule has 1 heterocycles. The van der Waals surface area contributed by atoms with Crippen molar-refractivity contribution in [1.82, 2.24) is 4.90 Å². The zero-order valence-corrected chi connectivity index (χ0v) is 9.40. The number of carbonyl (C=O) groups excluding carboxylic acids is 1. The average Bonchev–Trinajstić information content (AvgIpc) is 2.52. The van der Waals surface area contributed by atoms with E-state index in [2.05, 4.69) is 28.1 Å². The molecule has 1 aliphatic rings. The van der Waals surface area contributed by atoms with Gasteiger partial charge in [0.25, 0.3) is 0 Å². The van der Waals surface area contributed by atoms with E-state index in [0.29, 0.717) is 0 Å². The van der Waals surface area contributed by atoms with E-state index in [1.54, 1.807) is 0 Å². The van der Waals surface area contributed by atoms with Gasteiger partial charge in [-0.2, -0.15) is 0 Å². The van der Waals surface area contributed by atoms with Crippen molar-refractivity contribution in [1.29, 1.82) is 0 Å². The lowest BCUT2D eigenvalue weighted by atomic mass is 10.2. The molecule has 2 rings (SSSR count). The fourth-order valence-corrected chi connectivity index (χ4v) is 2.16. The Balaban J connectivity index is 2.02. The topological polar surface area (TPSA) is 20.3 Å². The lowest BCUT2D eigenvalue weighted by Gasteiger charge is -2.15. The van der Waals surface area contributed by atoms with Crippen molar-refractivity contribution >= 4 is 21.8 Å². The molecule has 1 saturated heterocycles. The minimum absolute atomic E-state index is 0.0335. The molecule has 1 aromatic carbocycles. The number of halogens is 1. The molecule has 0 saturated carbocycles. The molecule has 1 aliphatic heterocycles. The second kappa shape index (κ2) is 4.13. The maximum Gasteiger partial charge on any atom is 0.236 e. The molecule has 1 atom stereocenters. The first kappa shape index (κ1) is 9.71. The third-order valence-corrected chi connectivity index (χ3v) is 3.30. The molecule has 14 heavy (non-hydrogen) atoms. The van der Waals surface area contributed by atoms with Crippen LogP contribution >= 0.6 is 15.9 Å². The minimum atomic E-state index is 0.0335. The van der Waals surface area contributed by atoms with Crippen LogP contribution in [0.1, 0.15) is 12.0 Å². The van der Waals surface area contributed by atoms with Gasteiger partial charge in [-0.05, 0) is 12.0 Å². The standard InChI is InChI=1S/C11H12BrNO/c12-10-6-7-13(11(10)14)8-9-4-2-1-3-5-9/h1-5,10H,6-8H2. The fourth-order valence-electron chi connectivity index (χ4n) is 1.66. The second-order valence-corrected chi connectivity index (χ2v) is 4.61. The van der Waals surface area contributed by atoms with Gasteiger partial charge in [0, 0.05) is 13.1 Å². The van der Waals surface area contributed by atoms with Gasteiger partial charge < -0.3 is 4.90 Å². The summed E-state index contributed by atoms with van der Waals surface area (Å²) in [7, 11) is 0. The highest BCUT2D eigenvalue weighted by Gasteiger charge is 2.28. The van der Waals surface area contributed by atoms with Crippen molar-refractivity contribution in [3.8, 4) is 0 Å². The van der Waals surface area contributed by atoms with Gasteiger partial charge in [-0.1, -0.05) is 46.3 Å². The first-order valence-corrected chi connectivity index (χ1v) is 5.66. The summed E-state index contributed by atoms with van der Waals surface area (Å²) in [5, 5.41) is 0. The summed E-state index contributed by atoms with van der Waals surface area (Å²) in [6, 6.07) is 10.1. The first-order valence-electron chi connectivity index (χ1n) is 4.74. The van der Waals surface area contributed by atoms with Crippen LogP contribution in [-0.4, -0.2) is 22.2 Å². The van der Waals surface area contributed by atoms with E-state index < -0.39 is 0 Å². The maximum absolute atomic E-state index is 11.6. The Morgan fingerprint density at radius 1 is 1.36 bits per heavy atom. The monoisotopic (exact) mass is 253 g/mol. The van der Waals surface area contributed by atoms with Gasteiger partial charge in [0.05, 0.1) is 4.83 Å². The SMILES string of the molecule is O=C1C(Br)CCN1Cc1ccccc1. The molecule has 3 heteroatoms. The smallest absolute Gasteiger partial charge is 0.236 e. The molecule has 1 fully saturated rings. The Morgan fingerprint density at radius 3 is 2.64 bits per heavy atom. The zero-order chi connectivity index (χ0) is 9.97. The Bertz CT molecular complexity index is 325. The molecule has 0 N–H and O–H groups in total. The number of hydrogen-bond acceptors (Lipinski definition) is 1. The number of rotatable bonds is 2. The molecule has 2 nitrogen and oxygen atoms in total. The van der Waals surface area contributed by atoms with E-state index in [9.17, 15) is 4.79 Å². The minimum Gasteiger partial charge on any atom is -0.337 e. The molecule has 0 aromatic heterocycles. The largest absolute Gasteiger partial charge is 0.337 e. The van der Waals surface area contributed by atoms with Crippen LogP contribution in [0.5, 0.6) is 0 Å². The van der Waals surface area contributed by atoms with Gasteiger partial charge in [-0.15, -0.1) is 0 Å². The number of carbonyl (C=O) groups is 1. The summed E-state index contributed by atoms with van der Waals surface area (Å²) in [5.41, 5.74) is 1.20. The van der Waals surface area contributed by atoms with Gasteiger partial charge in [-0.25, -0.2) is 0 Å². The molecule has 0 spiro atoms. The van der Waals surface area contributed by atoms with Gasteiger partial charge in [-0.3, -0.25) is 4.79 Å². The van der Waals surface area contributed by atoms with E-state index in [1.165, 1.54) is 5.56 Å². The first-order chi connectivity index (χ1) is 6.77. The van der Waals surface area contributed by atoms with Crippen LogP contribution in [0.3, 0.4) is 0 Å². The van der Waals surface area contributed by atoms with Crippen LogP contribution in [0.25, 0.3) is 0 Å². The number of likely N-dealkylation sites (tertiary alicyclic amines) is 1. The quantitative estimate of drug-likeness (QED) is 0.741. The summed E-state index contributed by atoms with van der Waals surface area (Å²) >= 11 is 3.37. The van der Waals surface area contributed by atoms with Gasteiger partial charge >= 0.3 is 0 Å². The second-order valence-electron chi connectivity index (χ2n) is 3.50. The van der Waals surface area contributed by atoms with Gasteiger partial charge in [0.1, 0.15) is 0 Å². The molecule has 0 radical (unpaired) electrons. The summed E-state index contributed by atoms with van der Waals surface area (Å²) in [5.74, 6) is 0.217. The zero-order valence-electron chi connectivity index (χ0n) is 7.82. The predicted molar refractivity (Wildman–Crippen MR) is 59.2 cm³/mol. The van der Waals surface area contributed by atoms with Crippen molar-refractivity contribution < 1.29 is 4.79 Å². The molecule has 1 aromatic rings. The van der Waals surface area contributed by atoms with E-state index >= 15 is 0 Å². The summed E-state index contributed by atoms with van der Waals surface area (Å²) < 4.78 is 0. The van der Waals surface area contributed by atoms with E-state index in [1.807, 2.05) is 23.1 Å².